The average Bonchev–Trinajstić information content (AvgIpc) is 2.48. The highest BCUT2D eigenvalue weighted by Crippen LogP contribution is 2.31. The fourth-order valence-corrected chi connectivity index (χ4v) is 2.41. The molecule has 20 heavy (non-hydrogen) atoms. The van der Waals surface area contributed by atoms with Crippen LogP contribution in [-0.4, -0.2) is 12.9 Å². The Morgan fingerprint density at radius 1 is 1.20 bits per heavy atom. The Bertz CT molecular complexity index is 572. The summed E-state index contributed by atoms with van der Waals surface area (Å²) in [5.41, 5.74) is 8.66. The fourth-order valence-electron chi connectivity index (χ4n) is 1.85. The topological polar surface area (TPSA) is 47.3 Å². The predicted octanol–water partition coefficient (Wildman–Crippen LogP) is 4.52. The van der Waals surface area contributed by atoms with E-state index in [1.165, 1.54) is 4.90 Å². The molecule has 0 aliphatic rings. The highest BCUT2D eigenvalue weighted by molar-refractivity contribution is 7.98. The van der Waals surface area contributed by atoms with E-state index < -0.39 is 0 Å². The lowest BCUT2D eigenvalue weighted by molar-refractivity contribution is 0.319. The van der Waals surface area contributed by atoms with E-state index in [9.17, 15) is 0 Å². The molecule has 0 saturated heterocycles. The van der Waals surface area contributed by atoms with Gasteiger partial charge < -0.3 is 15.8 Å². The van der Waals surface area contributed by atoms with Crippen LogP contribution < -0.4 is 15.8 Å². The third-order valence-electron chi connectivity index (χ3n) is 2.86. The maximum absolute atomic E-state index is 5.92. The summed E-state index contributed by atoms with van der Waals surface area (Å²) < 4.78 is 5.65. The minimum Gasteiger partial charge on any atom is -0.491 e. The van der Waals surface area contributed by atoms with E-state index in [0.717, 1.165) is 23.5 Å². The van der Waals surface area contributed by atoms with Gasteiger partial charge in [-0.25, -0.2) is 0 Å². The molecule has 106 valence electrons. The quantitative estimate of drug-likeness (QED) is 0.606. The number of benzene rings is 2. The molecule has 0 fully saturated rings. The molecule has 0 amide bonds. The van der Waals surface area contributed by atoms with E-state index in [0.29, 0.717) is 12.3 Å². The molecule has 3 N–H and O–H groups in total. The lowest BCUT2D eigenvalue weighted by atomic mass is 10.2. The summed E-state index contributed by atoms with van der Waals surface area (Å²) in [5.74, 6) is 0.735. The van der Waals surface area contributed by atoms with Gasteiger partial charge in [-0.15, -0.1) is 11.8 Å². The number of hydrogen-bond donors (Lipinski definition) is 2. The highest BCUT2D eigenvalue weighted by Gasteiger charge is 2.05. The summed E-state index contributed by atoms with van der Waals surface area (Å²) in [4.78, 5) is 1.21. The molecule has 2 aromatic carbocycles. The van der Waals surface area contributed by atoms with Crippen LogP contribution >= 0.6 is 11.8 Å². The van der Waals surface area contributed by atoms with Crippen molar-refractivity contribution in [2.75, 3.05) is 23.9 Å². The van der Waals surface area contributed by atoms with E-state index >= 15 is 0 Å². The molecule has 4 heteroatoms. The van der Waals surface area contributed by atoms with Crippen molar-refractivity contribution < 1.29 is 4.74 Å². The fraction of sp³-hybridized carbons (Fsp3) is 0.250. The van der Waals surface area contributed by atoms with Gasteiger partial charge in [-0.1, -0.05) is 19.1 Å². The van der Waals surface area contributed by atoms with E-state index in [1.807, 2.05) is 30.3 Å². The maximum atomic E-state index is 5.92. The number of para-hydroxylation sites is 1. The zero-order valence-corrected chi connectivity index (χ0v) is 12.7. The van der Waals surface area contributed by atoms with Crippen molar-refractivity contribution in [3.63, 3.8) is 0 Å². The summed E-state index contributed by atoms with van der Waals surface area (Å²) >= 11 is 1.72. The minimum absolute atomic E-state index is 0.669. The van der Waals surface area contributed by atoms with Crippen LogP contribution in [0.5, 0.6) is 5.75 Å². The first-order valence-corrected chi connectivity index (χ1v) is 7.89. The Balaban J connectivity index is 2.20. The molecule has 0 radical (unpaired) electrons. The molecule has 2 rings (SSSR count). The molecule has 0 spiro atoms. The van der Waals surface area contributed by atoms with E-state index in [-0.39, 0.29) is 0 Å². The van der Waals surface area contributed by atoms with Crippen LogP contribution in [0.3, 0.4) is 0 Å². The number of hydrogen-bond acceptors (Lipinski definition) is 4. The van der Waals surface area contributed by atoms with Crippen molar-refractivity contribution in [3.05, 3.63) is 42.5 Å². The second-order valence-corrected chi connectivity index (χ2v) is 5.27. The van der Waals surface area contributed by atoms with Crippen LogP contribution in [0.15, 0.2) is 47.4 Å². The van der Waals surface area contributed by atoms with Crippen molar-refractivity contribution >= 4 is 28.8 Å². The van der Waals surface area contributed by atoms with Crippen LogP contribution in [0, 0.1) is 0 Å². The third-order valence-corrected chi connectivity index (χ3v) is 3.66. The van der Waals surface area contributed by atoms with Crippen LogP contribution in [-0.2, 0) is 0 Å². The standard InChI is InChI=1S/C16H20N2OS/c1-3-10-19-15-11-12(8-9-13(15)17)18-14-6-4-5-7-16(14)20-2/h4-9,11,18H,3,10,17H2,1-2H3. The molecule has 0 atom stereocenters. The zero-order chi connectivity index (χ0) is 14.4. The molecule has 0 saturated carbocycles. The maximum Gasteiger partial charge on any atom is 0.144 e. The van der Waals surface area contributed by atoms with Gasteiger partial charge in [-0.05, 0) is 36.9 Å². The number of rotatable bonds is 6. The van der Waals surface area contributed by atoms with E-state index in [4.69, 9.17) is 10.5 Å². The lowest BCUT2D eigenvalue weighted by Crippen LogP contribution is -2.00. The normalized spacial score (nSPS) is 10.3. The summed E-state index contributed by atoms with van der Waals surface area (Å²) in [5, 5.41) is 3.41. The number of ether oxygens (including phenoxy) is 1. The number of thioether (sulfide) groups is 1. The molecule has 0 unspecified atom stereocenters. The summed E-state index contributed by atoms with van der Waals surface area (Å²) in [6.45, 7) is 2.75. The lowest BCUT2D eigenvalue weighted by Gasteiger charge is -2.13. The molecule has 0 bridgehead atoms. The Labute approximate surface area is 124 Å². The Kier molecular flexibility index (Phi) is 5.18. The molecule has 0 aromatic heterocycles. The van der Waals surface area contributed by atoms with Gasteiger partial charge in [0.05, 0.1) is 18.0 Å². The number of nitrogens with one attached hydrogen (secondary N) is 1. The van der Waals surface area contributed by atoms with Crippen molar-refractivity contribution in [3.8, 4) is 5.75 Å². The van der Waals surface area contributed by atoms with Gasteiger partial charge in [0, 0.05) is 16.6 Å². The first-order chi connectivity index (χ1) is 9.74. The van der Waals surface area contributed by atoms with Gasteiger partial charge in [0.1, 0.15) is 5.75 Å². The van der Waals surface area contributed by atoms with E-state index in [2.05, 4.69) is 30.6 Å². The van der Waals surface area contributed by atoms with Crippen LogP contribution in [0.25, 0.3) is 0 Å². The Hall–Kier alpha value is -1.81. The molecular formula is C16H20N2OS. The zero-order valence-electron chi connectivity index (χ0n) is 11.8. The smallest absolute Gasteiger partial charge is 0.144 e. The Morgan fingerprint density at radius 2 is 2.00 bits per heavy atom. The van der Waals surface area contributed by atoms with Gasteiger partial charge >= 0.3 is 0 Å². The molecule has 2 aromatic rings. The summed E-state index contributed by atoms with van der Waals surface area (Å²) in [7, 11) is 0. The molecule has 0 heterocycles. The number of nitrogens with two attached hydrogens (primary N) is 1. The van der Waals surface area contributed by atoms with Crippen molar-refractivity contribution in [2.45, 2.75) is 18.2 Å². The molecular weight excluding hydrogens is 268 g/mol. The summed E-state index contributed by atoms with van der Waals surface area (Å²) in [6.07, 6.45) is 3.03. The first-order valence-electron chi connectivity index (χ1n) is 6.67. The van der Waals surface area contributed by atoms with Gasteiger partial charge in [0.25, 0.3) is 0 Å². The number of nitrogen functional groups attached to an aromatic ring is 1. The van der Waals surface area contributed by atoms with Crippen molar-refractivity contribution in [1.29, 1.82) is 0 Å². The average molecular weight is 288 g/mol. The second kappa shape index (κ2) is 7.10. The first kappa shape index (κ1) is 14.6. The van der Waals surface area contributed by atoms with Crippen molar-refractivity contribution in [1.82, 2.24) is 0 Å². The molecule has 3 nitrogen and oxygen atoms in total. The minimum atomic E-state index is 0.669. The second-order valence-electron chi connectivity index (χ2n) is 4.43. The van der Waals surface area contributed by atoms with Gasteiger partial charge in [-0.2, -0.15) is 0 Å². The van der Waals surface area contributed by atoms with Gasteiger partial charge in [0.2, 0.25) is 0 Å². The van der Waals surface area contributed by atoms with Crippen molar-refractivity contribution in [2.24, 2.45) is 0 Å². The summed E-state index contributed by atoms with van der Waals surface area (Å²) in [6, 6.07) is 14.0. The molecule has 0 aliphatic heterocycles. The largest absolute Gasteiger partial charge is 0.491 e. The van der Waals surface area contributed by atoms with Gasteiger partial charge in [-0.3, -0.25) is 0 Å². The Morgan fingerprint density at radius 3 is 2.75 bits per heavy atom. The highest BCUT2D eigenvalue weighted by atomic mass is 32.2. The van der Waals surface area contributed by atoms with Crippen LogP contribution in [0.2, 0.25) is 0 Å². The third kappa shape index (κ3) is 3.61. The van der Waals surface area contributed by atoms with E-state index in [1.54, 1.807) is 11.8 Å². The number of anilines is 3. The SMILES string of the molecule is CCCOc1cc(Nc2ccccc2SC)ccc1N. The monoisotopic (exact) mass is 288 g/mol. The van der Waals surface area contributed by atoms with Crippen LogP contribution in [0.1, 0.15) is 13.3 Å². The van der Waals surface area contributed by atoms with Gasteiger partial charge in [0.15, 0.2) is 0 Å². The predicted molar refractivity (Wildman–Crippen MR) is 88.1 cm³/mol. The molecule has 0 aliphatic carbocycles. The van der Waals surface area contributed by atoms with Crippen LogP contribution in [0.4, 0.5) is 17.1 Å².